The van der Waals surface area contributed by atoms with Gasteiger partial charge in [0.25, 0.3) is 0 Å². The summed E-state index contributed by atoms with van der Waals surface area (Å²) in [5.74, 6) is -0.871. The molecule has 0 N–H and O–H groups in total. The maximum Gasteiger partial charge on any atom is 0.306 e. The molecule has 1 unspecified atom stereocenters. The van der Waals surface area contributed by atoms with Crippen molar-refractivity contribution >= 4 is 17.9 Å². The van der Waals surface area contributed by atoms with E-state index in [1.165, 1.54) is 250 Å². The Kier molecular flexibility index (Phi) is 60.6. The maximum atomic E-state index is 12.8. The molecule has 1 atom stereocenters. The van der Waals surface area contributed by atoms with Crippen molar-refractivity contribution < 1.29 is 28.6 Å². The van der Waals surface area contributed by atoms with Gasteiger partial charge in [0.15, 0.2) is 6.10 Å². The quantitative estimate of drug-likeness (QED) is 0.0261. The van der Waals surface area contributed by atoms with E-state index in [2.05, 4.69) is 45.1 Å². The van der Waals surface area contributed by atoms with Gasteiger partial charge in [-0.15, -0.1) is 0 Å². The fraction of sp³-hybridized carbons (Fsp3) is 0.896. The largest absolute Gasteiger partial charge is 0.462 e. The predicted molar refractivity (Wildman–Crippen MR) is 316 cm³/mol. The van der Waals surface area contributed by atoms with E-state index in [4.69, 9.17) is 14.2 Å². The highest BCUT2D eigenvalue weighted by atomic mass is 16.6. The van der Waals surface area contributed by atoms with Crippen molar-refractivity contribution in [3.05, 3.63) is 24.3 Å². The second kappa shape index (κ2) is 62.4. The average molecular weight is 1030 g/mol. The van der Waals surface area contributed by atoms with Crippen molar-refractivity contribution in [3.8, 4) is 0 Å². The third kappa shape index (κ3) is 60.6. The van der Waals surface area contributed by atoms with Gasteiger partial charge in [-0.25, -0.2) is 0 Å². The first-order chi connectivity index (χ1) is 36.0. The summed E-state index contributed by atoms with van der Waals surface area (Å²) in [5, 5.41) is 0. The van der Waals surface area contributed by atoms with Crippen molar-refractivity contribution in [1.82, 2.24) is 0 Å². The Morgan fingerprint density at radius 2 is 0.479 bits per heavy atom. The number of carbonyl (C=O) groups is 3. The van der Waals surface area contributed by atoms with Gasteiger partial charge in [-0.2, -0.15) is 0 Å². The zero-order valence-electron chi connectivity index (χ0n) is 49.4. The van der Waals surface area contributed by atoms with E-state index in [-0.39, 0.29) is 31.1 Å². The van der Waals surface area contributed by atoms with Crippen LogP contribution in [0.4, 0.5) is 0 Å². The molecule has 430 valence electrons. The molecule has 6 nitrogen and oxygen atoms in total. The Bertz CT molecular complexity index is 1180. The van der Waals surface area contributed by atoms with Crippen LogP contribution in [0.15, 0.2) is 24.3 Å². The molecule has 0 aliphatic heterocycles. The van der Waals surface area contributed by atoms with Crippen LogP contribution >= 0.6 is 0 Å². The molecule has 0 aromatic heterocycles. The van der Waals surface area contributed by atoms with Crippen LogP contribution in [0, 0.1) is 0 Å². The number of esters is 3. The molecule has 73 heavy (non-hydrogen) atoms. The Hall–Kier alpha value is -2.11. The van der Waals surface area contributed by atoms with Gasteiger partial charge in [0.05, 0.1) is 0 Å². The highest BCUT2D eigenvalue weighted by Crippen LogP contribution is 2.18. The van der Waals surface area contributed by atoms with Crippen LogP contribution in [0.2, 0.25) is 0 Å². The van der Waals surface area contributed by atoms with E-state index >= 15 is 0 Å². The van der Waals surface area contributed by atoms with E-state index in [0.29, 0.717) is 19.3 Å². The molecule has 0 aliphatic carbocycles. The summed E-state index contributed by atoms with van der Waals surface area (Å²) in [7, 11) is 0. The summed E-state index contributed by atoms with van der Waals surface area (Å²) in [5.41, 5.74) is 0. The monoisotopic (exact) mass is 1030 g/mol. The minimum atomic E-state index is -0.775. The highest BCUT2D eigenvalue weighted by molar-refractivity contribution is 5.71. The summed E-state index contributed by atoms with van der Waals surface area (Å²) in [6.07, 6.45) is 75.1. The van der Waals surface area contributed by atoms with Gasteiger partial charge in [0.2, 0.25) is 0 Å². The van der Waals surface area contributed by atoms with Crippen molar-refractivity contribution in [2.24, 2.45) is 0 Å². The van der Waals surface area contributed by atoms with Crippen LogP contribution in [0.3, 0.4) is 0 Å². The van der Waals surface area contributed by atoms with Crippen LogP contribution < -0.4 is 0 Å². The lowest BCUT2D eigenvalue weighted by Gasteiger charge is -2.18. The number of unbranched alkanes of at least 4 members (excludes halogenated alkanes) is 46. The number of rotatable bonds is 61. The van der Waals surface area contributed by atoms with E-state index in [1.807, 2.05) is 0 Å². The molecular formula is C67H126O6. The third-order valence-corrected chi connectivity index (χ3v) is 14.9. The number of ether oxygens (including phenoxy) is 3. The van der Waals surface area contributed by atoms with Gasteiger partial charge in [-0.3, -0.25) is 14.4 Å². The van der Waals surface area contributed by atoms with Gasteiger partial charge >= 0.3 is 17.9 Å². The van der Waals surface area contributed by atoms with E-state index < -0.39 is 6.10 Å². The fourth-order valence-electron chi connectivity index (χ4n) is 9.97. The predicted octanol–water partition coefficient (Wildman–Crippen LogP) is 22.2. The molecule has 0 amide bonds. The molecule has 0 bridgehead atoms. The van der Waals surface area contributed by atoms with E-state index in [9.17, 15) is 14.4 Å². The maximum absolute atomic E-state index is 12.8. The summed E-state index contributed by atoms with van der Waals surface area (Å²) in [6, 6.07) is 0. The van der Waals surface area contributed by atoms with Gasteiger partial charge in [0, 0.05) is 19.3 Å². The average Bonchev–Trinajstić information content (AvgIpc) is 3.39. The summed E-state index contributed by atoms with van der Waals surface area (Å²) >= 11 is 0. The van der Waals surface area contributed by atoms with Crippen LogP contribution in [-0.4, -0.2) is 37.2 Å². The SMILES string of the molecule is CCC/C=C\CCCCCCCC(=O)OCC(COC(=O)CCCCCCCCCCCCCCCCCCCCCCCCCCCCCCCC)OC(=O)CCCCCCC/C=C\CCCCCCCC. The second-order valence-corrected chi connectivity index (χ2v) is 22.4. The van der Waals surface area contributed by atoms with E-state index in [1.54, 1.807) is 0 Å². The first-order valence-corrected chi connectivity index (χ1v) is 32.8. The Balaban J connectivity index is 4.06. The van der Waals surface area contributed by atoms with Gasteiger partial charge < -0.3 is 14.2 Å². The van der Waals surface area contributed by atoms with Crippen molar-refractivity contribution in [1.29, 1.82) is 0 Å². The van der Waals surface area contributed by atoms with E-state index in [0.717, 1.165) is 77.0 Å². The van der Waals surface area contributed by atoms with Crippen molar-refractivity contribution in [2.75, 3.05) is 13.2 Å². The minimum Gasteiger partial charge on any atom is -0.462 e. The fourth-order valence-corrected chi connectivity index (χ4v) is 9.97. The van der Waals surface area contributed by atoms with Gasteiger partial charge in [-0.1, -0.05) is 308 Å². The first-order valence-electron chi connectivity index (χ1n) is 32.8. The van der Waals surface area contributed by atoms with Crippen LogP contribution in [-0.2, 0) is 28.6 Å². The standard InChI is InChI=1S/C67H126O6/c1-4-7-10-13-16-19-22-24-26-27-28-29-30-31-32-33-34-35-36-37-38-39-40-42-43-45-48-51-54-57-60-66(69)72-63-64(62-71-65(68)59-56-53-50-47-21-18-15-12-9-6-3)73-67(70)61-58-55-52-49-46-44-41-25-23-20-17-14-11-8-5-2/h12,15,25,41,64H,4-11,13-14,16-24,26-40,42-63H2,1-3H3/b15-12-,41-25-. The minimum absolute atomic E-state index is 0.0729. The molecule has 0 aromatic carbocycles. The molecule has 0 aliphatic rings. The Labute approximate surface area is 455 Å². The molecule has 0 fully saturated rings. The Morgan fingerprint density at radius 3 is 0.740 bits per heavy atom. The number of hydrogen-bond acceptors (Lipinski definition) is 6. The van der Waals surface area contributed by atoms with Crippen molar-refractivity contribution in [2.45, 2.75) is 374 Å². The van der Waals surface area contributed by atoms with Gasteiger partial charge in [-0.05, 0) is 64.2 Å². The normalized spacial score (nSPS) is 12.1. The molecule has 0 saturated carbocycles. The molecule has 0 spiro atoms. The number of carbonyl (C=O) groups excluding carboxylic acids is 3. The number of allylic oxidation sites excluding steroid dienone is 4. The topological polar surface area (TPSA) is 78.9 Å². The molecule has 0 aromatic rings. The zero-order chi connectivity index (χ0) is 52.9. The molecule has 0 radical (unpaired) electrons. The Morgan fingerprint density at radius 1 is 0.260 bits per heavy atom. The second-order valence-electron chi connectivity index (χ2n) is 22.4. The van der Waals surface area contributed by atoms with Crippen LogP contribution in [0.5, 0.6) is 0 Å². The first kappa shape index (κ1) is 70.9. The highest BCUT2D eigenvalue weighted by Gasteiger charge is 2.19. The molecule has 6 heteroatoms. The lowest BCUT2D eigenvalue weighted by atomic mass is 10.0. The molecular weight excluding hydrogens is 901 g/mol. The molecule has 0 saturated heterocycles. The van der Waals surface area contributed by atoms with Gasteiger partial charge in [0.1, 0.15) is 13.2 Å². The molecule has 0 heterocycles. The third-order valence-electron chi connectivity index (χ3n) is 14.9. The number of hydrogen-bond donors (Lipinski definition) is 0. The summed E-state index contributed by atoms with van der Waals surface area (Å²) < 4.78 is 16.9. The summed E-state index contributed by atoms with van der Waals surface area (Å²) in [4.78, 5) is 38.1. The smallest absolute Gasteiger partial charge is 0.306 e. The zero-order valence-corrected chi connectivity index (χ0v) is 49.4. The summed E-state index contributed by atoms with van der Waals surface area (Å²) in [6.45, 7) is 6.62. The van der Waals surface area contributed by atoms with Crippen molar-refractivity contribution in [3.63, 3.8) is 0 Å². The van der Waals surface area contributed by atoms with Crippen LogP contribution in [0.1, 0.15) is 367 Å². The lowest BCUT2D eigenvalue weighted by Crippen LogP contribution is -2.30. The molecule has 0 rings (SSSR count). The lowest BCUT2D eigenvalue weighted by molar-refractivity contribution is -0.167. The van der Waals surface area contributed by atoms with Crippen LogP contribution in [0.25, 0.3) is 0 Å².